The molecule has 0 amide bonds. The predicted octanol–water partition coefficient (Wildman–Crippen LogP) is 1.32. The lowest BCUT2D eigenvalue weighted by Gasteiger charge is -1.21. The molecule has 0 saturated carbocycles. The van der Waals surface area contributed by atoms with E-state index in [4.69, 9.17) is 5.11 Å². The van der Waals surface area contributed by atoms with E-state index in [-0.39, 0.29) is 0 Å². The van der Waals surface area contributed by atoms with Crippen molar-refractivity contribution in [2.24, 2.45) is 0 Å². The third kappa shape index (κ3) is 195. The van der Waals surface area contributed by atoms with Gasteiger partial charge in [0.15, 0.2) is 0 Å². The van der Waals surface area contributed by atoms with Crippen molar-refractivity contribution < 1.29 is 5.11 Å². The van der Waals surface area contributed by atoms with Crippen LogP contribution in [0.1, 0.15) is 0 Å². The SMILES string of the molecule is CCl.CCl.CO. The van der Waals surface area contributed by atoms with Gasteiger partial charge >= 0.3 is 0 Å². The largest absolute Gasteiger partial charge is 0.400 e. The smallest absolute Gasteiger partial charge is 0.0319 e. The van der Waals surface area contributed by atoms with Crippen molar-refractivity contribution in [3.8, 4) is 0 Å². The summed E-state index contributed by atoms with van der Waals surface area (Å²) in [6, 6.07) is 0. The van der Waals surface area contributed by atoms with E-state index in [9.17, 15) is 0 Å². The van der Waals surface area contributed by atoms with Crippen LogP contribution in [0.4, 0.5) is 0 Å². The number of hydrogen-bond donors (Lipinski definition) is 1. The molecule has 0 aliphatic heterocycles. The van der Waals surface area contributed by atoms with E-state index >= 15 is 0 Å². The van der Waals surface area contributed by atoms with Crippen LogP contribution in [0.25, 0.3) is 0 Å². The van der Waals surface area contributed by atoms with E-state index in [1.54, 1.807) is 0 Å². The van der Waals surface area contributed by atoms with Gasteiger partial charge in [-0.25, -0.2) is 0 Å². The lowest BCUT2D eigenvalue weighted by molar-refractivity contribution is 0.399. The zero-order valence-electron chi connectivity index (χ0n) is 4.20. The van der Waals surface area contributed by atoms with E-state index < -0.39 is 0 Å². The third-order valence-electron chi connectivity index (χ3n) is 0. The van der Waals surface area contributed by atoms with Crippen molar-refractivity contribution in [2.45, 2.75) is 0 Å². The first-order valence-electron chi connectivity index (χ1n) is 1.20. The molecular formula is C3H10Cl2O. The fraction of sp³-hybridized carbons (Fsp3) is 1.00. The van der Waals surface area contributed by atoms with Crippen LogP contribution >= 0.6 is 23.2 Å². The first-order chi connectivity index (χ1) is 3.00. The Kier molecular flexibility index (Phi) is 1050. The van der Waals surface area contributed by atoms with E-state index in [1.807, 2.05) is 0 Å². The second-order valence-electron chi connectivity index (χ2n) is 0. The summed E-state index contributed by atoms with van der Waals surface area (Å²) >= 11 is 9.28. The van der Waals surface area contributed by atoms with E-state index in [1.165, 1.54) is 12.8 Å². The molecule has 0 aliphatic rings. The highest BCUT2D eigenvalue weighted by Gasteiger charge is 0.945. The Morgan fingerprint density at radius 2 is 0.833 bits per heavy atom. The molecule has 0 aliphatic carbocycles. The summed E-state index contributed by atoms with van der Waals surface area (Å²) in [5, 5.41) is 7.00. The van der Waals surface area contributed by atoms with Crippen molar-refractivity contribution in [3.05, 3.63) is 0 Å². The molecule has 1 N–H and O–H groups in total. The van der Waals surface area contributed by atoms with Crippen LogP contribution in [-0.2, 0) is 0 Å². The summed E-state index contributed by atoms with van der Waals surface area (Å²) in [7, 11) is 1.00. The van der Waals surface area contributed by atoms with Gasteiger partial charge in [0.2, 0.25) is 0 Å². The Bertz CT molecular complexity index is 8.75. The van der Waals surface area contributed by atoms with Gasteiger partial charge in [-0.15, -0.1) is 23.2 Å². The maximum absolute atomic E-state index is 7.00. The number of halogens is 2. The Hall–Kier alpha value is 0.540. The second-order valence-corrected chi connectivity index (χ2v) is 0. The molecule has 42 valence electrons. The van der Waals surface area contributed by atoms with Crippen molar-refractivity contribution in [3.63, 3.8) is 0 Å². The normalized spacial score (nSPS) is 3.00. The van der Waals surface area contributed by atoms with Gasteiger partial charge in [0.05, 0.1) is 0 Å². The molecule has 0 heterocycles. The minimum absolute atomic E-state index is 1.00. The van der Waals surface area contributed by atoms with Crippen LogP contribution in [0.3, 0.4) is 0 Å². The number of aliphatic hydroxyl groups is 1. The van der Waals surface area contributed by atoms with Crippen LogP contribution in [-0.4, -0.2) is 25.0 Å². The minimum Gasteiger partial charge on any atom is -0.400 e. The van der Waals surface area contributed by atoms with Gasteiger partial charge in [0.1, 0.15) is 0 Å². The molecule has 0 atom stereocenters. The maximum atomic E-state index is 7.00. The number of hydrogen-bond acceptors (Lipinski definition) is 1. The third-order valence-corrected chi connectivity index (χ3v) is 0. The van der Waals surface area contributed by atoms with E-state index in [0.717, 1.165) is 7.11 Å². The van der Waals surface area contributed by atoms with Gasteiger partial charge in [0, 0.05) is 19.9 Å². The van der Waals surface area contributed by atoms with Crippen LogP contribution < -0.4 is 0 Å². The Labute approximate surface area is 48.9 Å². The van der Waals surface area contributed by atoms with Crippen LogP contribution in [0, 0.1) is 0 Å². The Morgan fingerprint density at radius 1 is 0.833 bits per heavy atom. The maximum Gasteiger partial charge on any atom is 0.0319 e. The summed E-state index contributed by atoms with van der Waals surface area (Å²) in [6.45, 7) is 0. The summed E-state index contributed by atoms with van der Waals surface area (Å²) in [4.78, 5) is 0. The van der Waals surface area contributed by atoms with Gasteiger partial charge in [-0.2, -0.15) is 0 Å². The zero-order valence-corrected chi connectivity index (χ0v) is 5.72. The van der Waals surface area contributed by atoms with Crippen molar-refractivity contribution in [1.29, 1.82) is 0 Å². The number of rotatable bonds is 0. The number of aliphatic hydroxyl groups excluding tert-OH is 1. The zero-order chi connectivity index (χ0) is 6.00. The van der Waals surface area contributed by atoms with E-state index in [2.05, 4.69) is 23.2 Å². The van der Waals surface area contributed by atoms with Crippen LogP contribution in [0.5, 0.6) is 0 Å². The Morgan fingerprint density at radius 3 is 0.833 bits per heavy atom. The van der Waals surface area contributed by atoms with Crippen LogP contribution in [0.15, 0.2) is 0 Å². The van der Waals surface area contributed by atoms with Crippen molar-refractivity contribution in [1.82, 2.24) is 0 Å². The van der Waals surface area contributed by atoms with Gasteiger partial charge in [-0.1, -0.05) is 0 Å². The average molecular weight is 133 g/mol. The molecule has 3 heteroatoms. The summed E-state index contributed by atoms with van der Waals surface area (Å²) < 4.78 is 0. The predicted molar refractivity (Wildman–Crippen MR) is 31.7 cm³/mol. The molecule has 0 spiro atoms. The first kappa shape index (κ1) is 16.0. The average Bonchev–Trinajstić information content (AvgIpc) is 1.81. The van der Waals surface area contributed by atoms with Gasteiger partial charge in [-0.3, -0.25) is 0 Å². The number of alkyl halides is 2. The lowest BCUT2D eigenvalue weighted by Crippen LogP contribution is -1.25. The monoisotopic (exact) mass is 132 g/mol. The fourth-order valence-electron chi connectivity index (χ4n) is 0. The molecule has 6 heavy (non-hydrogen) atoms. The van der Waals surface area contributed by atoms with Gasteiger partial charge < -0.3 is 5.11 Å². The standard InChI is InChI=1S/2CH3Cl.CH4O/c3*1-2/h2*1H3;2H,1H3. The lowest BCUT2D eigenvalue weighted by atomic mass is 11.8. The molecule has 0 aromatic rings. The second kappa shape index (κ2) is 392. The highest BCUT2D eigenvalue weighted by Crippen LogP contribution is 1.34. The molecule has 0 bridgehead atoms. The topological polar surface area (TPSA) is 20.2 Å². The summed E-state index contributed by atoms with van der Waals surface area (Å²) in [5.74, 6) is 0. The minimum atomic E-state index is 1.00. The molecule has 0 rings (SSSR count). The molecular weight excluding hydrogens is 123 g/mol. The molecule has 0 aromatic carbocycles. The van der Waals surface area contributed by atoms with Crippen LogP contribution in [0.2, 0.25) is 0 Å². The highest BCUT2D eigenvalue weighted by atomic mass is 35.5. The quantitative estimate of drug-likeness (QED) is 0.494. The van der Waals surface area contributed by atoms with E-state index in [0.29, 0.717) is 0 Å². The Balaban J connectivity index is -0.0000000225. The summed E-state index contributed by atoms with van der Waals surface area (Å²) in [5.41, 5.74) is 0. The highest BCUT2D eigenvalue weighted by molar-refractivity contribution is 6.15. The fourth-order valence-corrected chi connectivity index (χ4v) is 0. The molecule has 0 aromatic heterocycles. The molecule has 0 radical (unpaired) electrons. The molecule has 0 unspecified atom stereocenters. The molecule has 0 saturated heterocycles. The van der Waals surface area contributed by atoms with Crippen molar-refractivity contribution >= 4 is 23.2 Å². The molecule has 0 fully saturated rings. The van der Waals surface area contributed by atoms with Crippen molar-refractivity contribution in [2.75, 3.05) is 19.9 Å². The van der Waals surface area contributed by atoms with Gasteiger partial charge in [0.25, 0.3) is 0 Å². The summed E-state index contributed by atoms with van der Waals surface area (Å²) in [6.07, 6.45) is 2.94. The van der Waals surface area contributed by atoms with Gasteiger partial charge in [-0.05, 0) is 0 Å². The molecule has 1 nitrogen and oxygen atoms in total. The first-order valence-corrected chi connectivity index (χ1v) is 2.72.